The minimum atomic E-state index is 0.579. The Bertz CT molecular complexity index is 566. The molecule has 0 radical (unpaired) electrons. The van der Waals surface area contributed by atoms with Crippen LogP contribution in [-0.2, 0) is 0 Å². The zero-order chi connectivity index (χ0) is 13.9. The predicted molar refractivity (Wildman–Crippen MR) is 85.1 cm³/mol. The smallest absolute Gasteiger partial charge is 0.0437 e. The predicted octanol–water partition coefficient (Wildman–Crippen LogP) is 3.52. The van der Waals surface area contributed by atoms with Crippen molar-refractivity contribution in [2.45, 2.75) is 38.8 Å². The SMILES string of the molecule is CC(C)N1CCC(Nc2cccc3ccncc23)CC1. The fourth-order valence-corrected chi connectivity index (χ4v) is 3.02. The van der Waals surface area contributed by atoms with Crippen LogP contribution in [0.4, 0.5) is 5.69 Å². The highest BCUT2D eigenvalue weighted by Gasteiger charge is 2.20. The van der Waals surface area contributed by atoms with E-state index in [9.17, 15) is 0 Å². The quantitative estimate of drug-likeness (QED) is 0.924. The molecule has 0 aliphatic carbocycles. The highest BCUT2D eigenvalue weighted by molar-refractivity contribution is 5.93. The van der Waals surface area contributed by atoms with Crippen LogP contribution < -0.4 is 5.32 Å². The van der Waals surface area contributed by atoms with Crippen LogP contribution in [0.25, 0.3) is 10.8 Å². The highest BCUT2D eigenvalue weighted by atomic mass is 15.2. The van der Waals surface area contributed by atoms with Gasteiger partial charge >= 0.3 is 0 Å². The van der Waals surface area contributed by atoms with Gasteiger partial charge in [0.15, 0.2) is 0 Å². The van der Waals surface area contributed by atoms with Crippen molar-refractivity contribution in [2.24, 2.45) is 0 Å². The third-order valence-corrected chi connectivity index (χ3v) is 4.30. The summed E-state index contributed by atoms with van der Waals surface area (Å²) in [6.07, 6.45) is 6.25. The van der Waals surface area contributed by atoms with E-state index >= 15 is 0 Å². The fourth-order valence-electron chi connectivity index (χ4n) is 3.02. The fraction of sp³-hybridized carbons (Fsp3) is 0.471. The second-order valence-electron chi connectivity index (χ2n) is 5.95. The molecule has 3 rings (SSSR count). The van der Waals surface area contributed by atoms with Crippen LogP contribution >= 0.6 is 0 Å². The lowest BCUT2D eigenvalue weighted by Crippen LogP contribution is -2.42. The maximum atomic E-state index is 4.25. The standard InChI is InChI=1S/C17H23N3/c1-13(2)20-10-7-15(8-11-20)19-17-5-3-4-14-6-9-18-12-16(14)17/h3-6,9,12-13,15,19H,7-8,10-11H2,1-2H3. The first kappa shape index (κ1) is 13.4. The maximum Gasteiger partial charge on any atom is 0.0437 e. The van der Waals surface area contributed by atoms with Crippen molar-refractivity contribution < 1.29 is 0 Å². The van der Waals surface area contributed by atoms with Gasteiger partial charge in [-0.2, -0.15) is 0 Å². The van der Waals surface area contributed by atoms with E-state index in [4.69, 9.17) is 0 Å². The Hall–Kier alpha value is -1.61. The number of rotatable bonds is 3. The molecule has 0 amide bonds. The number of likely N-dealkylation sites (tertiary alicyclic amines) is 1. The van der Waals surface area contributed by atoms with Gasteiger partial charge in [-0.3, -0.25) is 4.98 Å². The summed E-state index contributed by atoms with van der Waals surface area (Å²) in [5, 5.41) is 6.19. The number of hydrogen-bond donors (Lipinski definition) is 1. The summed E-state index contributed by atoms with van der Waals surface area (Å²) in [6.45, 7) is 6.95. The van der Waals surface area contributed by atoms with Gasteiger partial charge in [0.1, 0.15) is 0 Å². The van der Waals surface area contributed by atoms with Gasteiger partial charge in [0.25, 0.3) is 0 Å². The topological polar surface area (TPSA) is 28.2 Å². The van der Waals surface area contributed by atoms with E-state index in [1.54, 1.807) is 0 Å². The first-order chi connectivity index (χ1) is 9.74. The molecule has 1 aliphatic rings. The molecule has 2 heterocycles. The molecule has 0 bridgehead atoms. The molecule has 20 heavy (non-hydrogen) atoms. The highest BCUT2D eigenvalue weighted by Crippen LogP contribution is 2.25. The Labute approximate surface area is 121 Å². The van der Waals surface area contributed by atoms with Gasteiger partial charge < -0.3 is 10.2 Å². The molecule has 2 aromatic rings. The van der Waals surface area contributed by atoms with E-state index in [0.29, 0.717) is 12.1 Å². The van der Waals surface area contributed by atoms with E-state index in [1.165, 1.54) is 42.4 Å². The number of nitrogens with one attached hydrogen (secondary N) is 1. The zero-order valence-electron chi connectivity index (χ0n) is 12.3. The molecule has 1 fully saturated rings. The van der Waals surface area contributed by atoms with Crippen LogP contribution in [0, 0.1) is 0 Å². The van der Waals surface area contributed by atoms with E-state index < -0.39 is 0 Å². The minimum absolute atomic E-state index is 0.579. The molecule has 0 atom stereocenters. The Morgan fingerprint density at radius 2 is 2.00 bits per heavy atom. The monoisotopic (exact) mass is 269 g/mol. The second-order valence-corrected chi connectivity index (χ2v) is 5.95. The van der Waals surface area contributed by atoms with Crippen LogP contribution in [0.3, 0.4) is 0 Å². The summed E-state index contributed by atoms with van der Waals surface area (Å²) in [5.41, 5.74) is 1.22. The number of aromatic nitrogens is 1. The number of benzene rings is 1. The molecule has 1 aromatic carbocycles. The molecule has 0 saturated carbocycles. The van der Waals surface area contributed by atoms with Crippen LogP contribution in [0.2, 0.25) is 0 Å². The van der Waals surface area contributed by atoms with Crippen molar-refractivity contribution in [3.05, 3.63) is 36.7 Å². The first-order valence-corrected chi connectivity index (χ1v) is 7.57. The van der Waals surface area contributed by atoms with E-state index in [2.05, 4.69) is 53.3 Å². The third kappa shape index (κ3) is 2.78. The summed E-state index contributed by atoms with van der Waals surface area (Å²) >= 11 is 0. The van der Waals surface area contributed by atoms with Crippen LogP contribution in [0.15, 0.2) is 36.7 Å². The molecule has 106 valence electrons. The normalized spacial score (nSPS) is 17.8. The van der Waals surface area contributed by atoms with Crippen LogP contribution in [0.5, 0.6) is 0 Å². The van der Waals surface area contributed by atoms with Crippen LogP contribution in [0.1, 0.15) is 26.7 Å². The molecular formula is C17H23N3. The Balaban J connectivity index is 1.72. The van der Waals surface area contributed by atoms with E-state index in [1.807, 2.05) is 12.4 Å². The molecular weight excluding hydrogens is 246 g/mol. The van der Waals surface area contributed by atoms with Gasteiger partial charge in [-0.25, -0.2) is 0 Å². The van der Waals surface area contributed by atoms with Gasteiger partial charge in [-0.05, 0) is 44.2 Å². The summed E-state index contributed by atoms with van der Waals surface area (Å²) in [5.74, 6) is 0. The molecule has 3 nitrogen and oxygen atoms in total. The number of anilines is 1. The number of hydrogen-bond acceptors (Lipinski definition) is 3. The summed E-state index contributed by atoms with van der Waals surface area (Å²) < 4.78 is 0. The third-order valence-electron chi connectivity index (χ3n) is 4.30. The van der Waals surface area contributed by atoms with Crippen molar-refractivity contribution in [3.63, 3.8) is 0 Å². The lowest BCUT2D eigenvalue weighted by atomic mass is 10.0. The summed E-state index contributed by atoms with van der Waals surface area (Å²) in [7, 11) is 0. The summed E-state index contributed by atoms with van der Waals surface area (Å²) in [4.78, 5) is 6.81. The van der Waals surface area contributed by atoms with Crippen molar-refractivity contribution in [1.29, 1.82) is 0 Å². The largest absolute Gasteiger partial charge is 0.382 e. The van der Waals surface area contributed by atoms with Crippen molar-refractivity contribution >= 4 is 16.5 Å². The minimum Gasteiger partial charge on any atom is -0.382 e. The lowest BCUT2D eigenvalue weighted by molar-refractivity contribution is 0.177. The zero-order valence-corrected chi connectivity index (χ0v) is 12.3. The lowest BCUT2D eigenvalue weighted by Gasteiger charge is -2.35. The van der Waals surface area contributed by atoms with E-state index in [0.717, 1.165) is 0 Å². The van der Waals surface area contributed by atoms with Crippen molar-refractivity contribution in [3.8, 4) is 0 Å². The Morgan fingerprint density at radius 1 is 1.20 bits per heavy atom. The average Bonchev–Trinajstić information content (AvgIpc) is 2.48. The van der Waals surface area contributed by atoms with Crippen LogP contribution in [-0.4, -0.2) is 35.1 Å². The van der Waals surface area contributed by atoms with E-state index in [-0.39, 0.29) is 0 Å². The Kier molecular flexibility index (Phi) is 3.88. The maximum absolute atomic E-state index is 4.25. The Morgan fingerprint density at radius 3 is 2.75 bits per heavy atom. The van der Waals surface area contributed by atoms with Gasteiger partial charge in [-0.1, -0.05) is 12.1 Å². The summed E-state index contributed by atoms with van der Waals surface area (Å²) in [6, 6.07) is 9.74. The average molecular weight is 269 g/mol. The van der Waals surface area contributed by atoms with Crippen molar-refractivity contribution in [2.75, 3.05) is 18.4 Å². The van der Waals surface area contributed by atoms with Gasteiger partial charge in [0.05, 0.1) is 0 Å². The molecule has 1 saturated heterocycles. The molecule has 1 aliphatic heterocycles. The molecule has 0 unspecified atom stereocenters. The number of piperidine rings is 1. The number of fused-ring (bicyclic) bond motifs is 1. The molecule has 1 N–H and O–H groups in total. The second kappa shape index (κ2) is 5.80. The number of nitrogens with zero attached hydrogens (tertiary/aromatic N) is 2. The molecule has 0 spiro atoms. The molecule has 1 aromatic heterocycles. The number of pyridine rings is 1. The first-order valence-electron chi connectivity index (χ1n) is 7.57. The molecule has 3 heteroatoms. The van der Waals surface area contributed by atoms with Crippen molar-refractivity contribution in [1.82, 2.24) is 9.88 Å². The van der Waals surface area contributed by atoms with Gasteiger partial charge in [0.2, 0.25) is 0 Å². The van der Waals surface area contributed by atoms with Gasteiger partial charge in [-0.15, -0.1) is 0 Å². The van der Waals surface area contributed by atoms with Gasteiger partial charge in [0, 0.05) is 48.6 Å².